The van der Waals surface area contributed by atoms with Gasteiger partial charge in [-0.15, -0.1) is 0 Å². The summed E-state index contributed by atoms with van der Waals surface area (Å²) in [7, 11) is -4.35. The Bertz CT molecular complexity index is 1080. The summed E-state index contributed by atoms with van der Waals surface area (Å²) >= 11 is 5.79. The van der Waals surface area contributed by atoms with Gasteiger partial charge >= 0.3 is 12.2 Å². The lowest BCUT2D eigenvalue weighted by Crippen LogP contribution is -2.15. The SMILES string of the molecule is O=S(=O)(Nc1ccc(Oc2ncccn2)cc1)c1cc(C(F)(F)F)ccc1Cl. The van der Waals surface area contributed by atoms with Crippen molar-refractivity contribution in [3.63, 3.8) is 0 Å². The highest BCUT2D eigenvalue weighted by Gasteiger charge is 2.32. The van der Waals surface area contributed by atoms with E-state index >= 15 is 0 Å². The molecule has 3 rings (SSSR count). The van der Waals surface area contributed by atoms with Crippen LogP contribution in [-0.2, 0) is 16.2 Å². The molecule has 1 heterocycles. The highest BCUT2D eigenvalue weighted by atomic mass is 35.5. The molecule has 1 N–H and O–H groups in total. The highest BCUT2D eigenvalue weighted by molar-refractivity contribution is 7.92. The molecule has 0 aliphatic carbocycles. The van der Waals surface area contributed by atoms with Crippen LogP contribution in [0.2, 0.25) is 5.02 Å². The molecule has 0 aliphatic rings. The van der Waals surface area contributed by atoms with Crippen molar-refractivity contribution < 1.29 is 26.3 Å². The summed E-state index contributed by atoms with van der Waals surface area (Å²) in [6.45, 7) is 0. The smallest absolute Gasteiger partial charge is 0.416 e. The fourth-order valence-corrected chi connectivity index (χ4v) is 3.72. The number of alkyl halides is 3. The number of sulfonamides is 1. The van der Waals surface area contributed by atoms with Gasteiger partial charge in [0.1, 0.15) is 10.6 Å². The Morgan fingerprint density at radius 2 is 1.64 bits per heavy atom. The number of nitrogens with zero attached hydrogens (tertiary/aromatic N) is 2. The number of aromatic nitrogens is 2. The summed E-state index contributed by atoms with van der Waals surface area (Å²) < 4.78 is 71.0. The van der Waals surface area contributed by atoms with E-state index in [9.17, 15) is 21.6 Å². The average Bonchev–Trinajstić information content (AvgIpc) is 2.63. The number of halogens is 4. The lowest BCUT2D eigenvalue weighted by atomic mass is 10.2. The first kappa shape index (κ1) is 19.9. The largest absolute Gasteiger partial charge is 0.424 e. The molecule has 6 nitrogen and oxygen atoms in total. The minimum Gasteiger partial charge on any atom is -0.424 e. The van der Waals surface area contributed by atoms with Gasteiger partial charge in [-0.3, -0.25) is 4.72 Å². The second-order valence-corrected chi connectivity index (χ2v) is 7.46. The van der Waals surface area contributed by atoms with Crippen LogP contribution in [-0.4, -0.2) is 18.4 Å². The van der Waals surface area contributed by atoms with Crippen molar-refractivity contribution in [2.24, 2.45) is 0 Å². The zero-order valence-corrected chi connectivity index (χ0v) is 15.4. The summed E-state index contributed by atoms with van der Waals surface area (Å²) in [5, 5.41) is -0.332. The summed E-state index contributed by atoms with van der Waals surface area (Å²) in [6, 6.07) is 9.43. The van der Waals surface area contributed by atoms with Gasteiger partial charge < -0.3 is 4.74 Å². The van der Waals surface area contributed by atoms with Gasteiger partial charge in [-0.2, -0.15) is 13.2 Å². The van der Waals surface area contributed by atoms with Crippen LogP contribution < -0.4 is 9.46 Å². The Morgan fingerprint density at radius 1 is 1.00 bits per heavy atom. The molecular formula is C17H11ClF3N3O3S. The lowest BCUT2D eigenvalue weighted by molar-refractivity contribution is -0.137. The standard InChI is InChI=1S/C17H11ClF3N3O3S/c18-14-7-2-11(17(19,20)21)10-15(14)28(25,26)24-12-3-5-13(6-4-12)27-16-22-8-1-9-23-16/h1-10,24H. The molecule has 0 fully saturated rings. The molecule has 2 aromatic carbocycles. The highest BCUT2D eigenvalue weighted by Crippen LogP contribution is 2.34. The molecule has 0 atom stereocenters. The summed E-state index contributed by atoms with van der Waals surface area (Å²) in [4.78, 5) is 7.09. The fraction of sp³-hybridized carbons (Fsp3) is 0.0588. The number of nitrogens with one attached hydrogen (secondary N) is 1. The summed E-state index contributed by atoms with van der Waals surface area (Å²) in [6.07, 6.45) is -1.72. The van der Waals surface area contributed by atoms with Crippen LogP contribution in [0, 0.1) is 0 Å². The molecule has 0 saturated carbocycles. The summed E-state index contributed by atoms with van der Waals surface area (Å²) in [5.74, 6) is 0.339. The number of ether oxygens (including phenoxy) is 1. The van der Waals surface area contributed by atoms with Gasteiger partial charge in [-0.25, -0.2) is 18.4 Å². The van der Waals surface area contributed by atoms with E-state index in [4.69, 9.17) is 16.3 Å². The van der Waals surface area contributed by atoms with Crippen LogP contribution in [0.4, 0.5) is 18.9 Å². The molecule has 0 amide bonds. The number of anilines is 1. The molecule has 0 bridgehead atoms. The van der Waals surface area contributed by atoms with Crippen LogP contribution in [0.3, 0.4) is 0 Å². The Balaban J connectivity index is 1.81. The molecule has 0 unspecified atom stereocenters. The Hall–Kier alpha value is -2.85. The maximum absolute atomic E-state index is 12.9. The van der Waals surface area contributed by atoms with Crippen LogP contribution in [0.25, 0.3) is 0 Å². The van der Waals surface area contributed by atoms with Crippen molar-refractivity contribution in [1.82, 2.24) is 9.97 Å². The van der Waals surface area contributed by atoms with E-state index in [1.54, 1.807) is 6.07 Å². The molecular weight excluding hydrogens is 419 g/mol. The van der Waals surface area contributed by atoms with E-state index in [1.807, 2.05) is 0 Å². The van der Waals surface area contributed by atoms with Crippen molar-refractivity contribution in [1.29, 1.82) is 0 Å². The Kier molecular flexibility index (Phi) is 5.43. The molecule has 0 radical (unpaired) electrons. The number of benzene rings is 2. The molecule has 0 aliphatic heterocycles. The topological polar surface area (TPSA) is 81.2 Å². The van der Waals surface area contributed by atoms with Gasteiger partial charge in [0.05, 0.1) is 10.6 Å². The Morgan fingerprint density at radius 3 is 2.25 bits per heavy atom. The van der Waals surface area contributed by atoms with Crippen LogP contribution in [0.5, 0.6) is 11.8 Å². The van der Waals surface area contributed by atoms with E-state index in [0.29, 0.717) is 17.9 Å². The zero-order valence-electron chi connectivity index (χ0n) is 13.8. The maximum atomic E-state index is 12.9. The average molecular weight is 430 g/mol. The molecule has 0 spiro atoms. The maximum Gasteiger partial charge on any atom is 0.416 e. The number of rotatable bonds is 5. The van der Waals surface area contributed by atoms with Crippen molar-refractivity contribution in [2.45, 2.75) is 11.1 Å². The molecule has 146 valence electrons. The molecule has 11 heteroatoms. The predicted octanol–water partition coefficient (Wildman–Crippen LogP) is 4.74. The lowest BCUT2D eigenvalue weighted by Gasteiger charge is -2.13. The predicted molar refractivity (Wildman–Crippen MR) is 95.8 cm³/mol. The van der Waals surface area contributed by atoms with Crippen LogP contribution in [0.1, 0.15) is 5.56 Å². The second-order valence-electron chi connectivity index (χ2n) is 5.41. The van der Waals surface area contributed by atoms with E-state index in [1.165, 1.54) is 36.7 Å². The monoisotopic (exact) mass is 429 g/mol. The quantitative estimate of drug-likeness (QED) is 0.633. The van der Waals surface area contributed by atoms with Crippen LogP contribution >= 0.6 is 11.6 Å². The second kappa shape index (κ2) is 7.64. The normalized spacial score (nSPS) is 11.9. The fourth-order valence-electron chi connectivity index (χ4n) is 2.13. The first-order valence-electron chi connectivity index (χ1n) is 7.60. The van der Waals surface area contributed by atoms with E-state index < -0.39 is 26.7 Å². The van der Waals surface area contributed by atoms with E-state index in [2.05, 4.69) is 14.7 Å². The Labute approximate surface area is 163 Å². The number of hydrogen-bond donors (Lipinski definition) is 1. The summed E-state index contributed by atoms with van der Waals surface area (Å²) in [5.41, 5.74) is -1.02. The molecule has 0 saturated heterocycles. The van der Waals surface area contributed by atoms with Gasteiger partial charge in [0.15, 0.2) is 0 Å². The van der Waals surface area contributed by atoms with Gasteiger partial charge in [0.2, 0.25) is 0 Å². The van der Waals surface area contributed by atoms with Gasteiger partial charge in [0.25, 0.3) is 10.0 Å². The van der Waals surface area contributed by atoms with Gasteiger partial charge in [-0.05, 0) is 48.5 Å². The van der Waals surface area contributed by atoms with Gasteiger partial charge in [0, 0.05) is 18.1 Å². The third-order valence-corrected chi connectivity index (χ3v) is 5.27. The van der Waals surface area contributed by atoms with Crippen molar-refractivity contribution in [3.8, 4) is 11.8 Å². The molecule has 1 aromatic heterocycles. The minimum absolute atomic E-state index is 0.103. The zero-order chi connectivity index (χ0) is 20.4. The van der Waals surface area contributed by atoms with Crippen molar-refractivity contribution >= 4 is 27.3 Å². The van der Waals surface area contributed by atoms with Crippen molar-refractivity contribution in [2.75, 3.05) is 4.72 Å². The third kappa shape index (κ3) is 4.70. The third-order valence-electron chi connectivity index (χ3n) is 3.41. The van der Waals surface area contributed by atoms with Crippen molar-refractivity contribution in [3.05, 3.63) is 71.5 Å². The molecule has 3 aromatic rings. The minimum atomic E-state index is -4.70. The van der Waals surface area contributed by atoms with E-state index in [-0.39, 0.29) is 16.7 Å². The first-order valence-corrected chi connectivity index (χ1v) is 9.46. The van der Waals surface area contributed by atoms with Crippen LogP contribution in [0.15, 0.2) is 65.8 Å². The first-order chi connectivity index (χ1) is 13.1. The number of hydrogen-bond acceptors (Lipinski definition) is 5. The molecule has 28 heavy (non-hydrogen) atoms. The van der Waals surface area contributed by atoms with E-state index in [0.717, 1.165) is 6.07 Å². The van der Waals surface area contributed by atoms with Gasteiger partial charge in [-0.1, -0.05) is 11.6 Å².